The predicted molar refractivity (Wildman–Crippen MR) is 82.4 cm³/mol. The highest BCUT2D eigenvalue weighted by Gasteiger charge is 2.08. The lowest BCUT2D eigenvalue weighted by molar-refractivity contribution is -0.116. The summed E-state index contributed by atoms with van der Waals surface area (Å²) >= 11 is 11.9. The van der Waals surface area contributed by atoms with Crippen molar-refractivity contribution in [3.8, 4) is 0 Å². The quantitative estimate of drug-likeness (QED) is 0.916. The van der Waals surface area contributed by atoms with Gasteiger partial charge in [-0.1, -0.05) is 35.3 Å². The Bertz CT molecular complexity index is 629. The summed E-state index contributed by atoms with van der Waals surface area (Å²) < 4.78 is 0. The zero-order chi connectivity index (χ0) is 14.5. The Morgan fingerprint density at radius 3 is 2.80 bits per heavy atom. The van der Waals surface area contributed by atoms with Crippen LogP contribution in [0.2, 0.25) is 10.0 Å². The Labute approximate surface area is 127 Å². The van der Waals surface area contributed by atoms with Gasteiger partial charge in [-0.05, 0) is 42.7 Å². The molecule has 0 spiro atoms. The summed E-state index contributed by atoms with van der Waals surface area (Å²) in [5.41, 5.74) is 1.84. The van der Waals surface area contributed by atoms with E-state index >= 15 is 0 Å². The topological polar surface area (TPSA) is 42.0 Å². The molecule has 0 aliphatic heterocycles. The summed E-state index contributed by atoms with van der Waals surface area (Å²) in [6, 6.07) is 9.02. The number of carbonyl (C=O) groups is 1. The van der Waals surface area contributed by atoms with Crippen LogP contribution in [0.4, 0.5) is 5.82 Å². The van der Waals surface area contributed by atoms with Crippen LogP contribution in [0, 0.1) is 6.92 Å². The predicted octanol–water partition coefficient (Wildman–Crippen LogP) is 4.27. The second-order valence-corrected chi connectivity index (χ2v) is 5.30. The van der Waals surface area contributed by atoms with Gasteiger partial charge in [0, 0.05) is 22.7 Å². The van der Waals surface area contributed by atoms with Crippen LogP contribution < -0.4 is 5.32 Å². The van der Waals surface area contributed by atoms with Gasteiger partial charge in [-0.3, -0.25) is 4.79 Å². The molecular formula is C15H14Cl2N2O. The summed E-state index contributed by atoms with van der Waals surface area (Å²) in [6.45, 7) is 1.90. The van der Waals surface area contributed by atoms with Crippen molar-refractivity contribution in [2.24, 2.45) is 0 Å². The second-order valence-electron chi connectivity index (χ2n) is 4.45. The summed E-state index contributed by atoms with van der Waals surface area (Å²) in [7, 11) is 0. The lowest BCUT2D eigenvalue weighted by Gasteiger charge is -2.07. The molecule has 1 N–H and O–H groups in total. The molecule has 20 heavy (non-hydrogen) atoms. The van der Waals surface area contributed by atoms with Crippen LogP contribution in [-0.4, -0.2) is 10.9 Å². The molecule has 2 rings (SSSR count). The molecule has 1 aromatic carbocycles. The van der Waals surface area contributed by atoms with Crippen LogP contribution in [0.1, 0.15) is 17.5 Å². The average molecular weight is 309 g/mol. The highest BCUT2D eigenvalue weighted by atomic mass is 35.5. The van der Waals surface area contributed by atoms with E-state index in [9.17, 15) is 4.79 Å². The minimum Gasteiger partial charge on any atom is -0.310 e. The maximum absolute atomic E-state index is 11.9. The lowest BCUT2D eigenvalue weighted by atomic mass is 10.1. The molecule has 0 fully saturated rings. The van der Waals surface area contributed by atoms with Crippen LogP contribution in [0.5, 0.6) is 0 Å². The Morgan fingerprint density at radius 2 is 2.10 bits per heavy atom. The number of rotatable bonds is 4. The number of nitrogens with one attached hydrogen (secondary N) is 1. The van der Waals surface area contributed by atoms with Crippen LogP contribution in [0.3, 0.4) is 0 Å². The van der Waals surface area contributed by atoms with Crippen molar-refractivity contribution in [3.63, 3.8) is 0 Å². The highest BCUT2D eigenvalue weighted by molar-refractivity contribution is 6.35. The summed E-state index contributed by atoms with van der Waals surface area (Å²) in [6.07, 6.45) is 2.56. The van der Waals surface area contributed by atoms with Gasteiger partial charge in [0.15, 0.2) is 0 Å². The average Bonchev–Trinajstić information content (AvgIpc) is 2.40. The monoisotopic (exact) mass is 308 g/mol. The SMILES string of the molecule is Cc1cccnc1NC(=O)CCc1ccc(Cl)cc1Cl. The Hall–Kier alpha value is -1.58. The first kappa shape index (κ1) is 14.8. The van der Waals surface area contributed by atoms with E-state index in [1.807, 2.05) is 25.1 Å². The Kier molecular flexibility index (Phi) is 4.99. The summed E-state index contributed by atoms with van der Waals surface area (Å²) in [4.78, 5) is 16.0. The number of hydrogen-bond acceptors (Lipinski definition) is 2. The molecule has 0 unspecified atom stereocenters. The highest BCUT2D eigenvalue weighted by Crippen LogP contribution is 2.22. The number of nitrogens with zero attached hydrogens (tertiary/aromatic N) is 1. The van der Waals surface area contributed by atoms with Gasteiger partial charge in [0.2, 0.25) is 5.91 Å². The zero-order valence-corrected chi connectivity index (χ0v) is 12.5. The molecule has 1 heterocycles. The Balaban J connectivity index is 1.94. The molecule has 0 atom stereocenters. The fraction of sp³-hybridized carbons (Fsp3) is 0.200. The van der Waals surface area contributed by atoms with E-state index in [2.05, 4.69) is 10.3 Å². The van der Waals surface area contributed by atoms with Gasteiger partial charge >= 0.3 is 0 Å². The van der Waals surface area contributed by atoms with Gasteiger partial charge in [0.05, 0.1) is 0 Å². The third kappa shape index (κ3) is 3.95. The first-order valence-electron chi connectivity index (χ1n) is 6.21. The van der Waals surface area contributed by atoms with Crippen molar-refractivity contribution in [1.29, 1.82) is 0 Å². The Morgan fingerprint density at radius 1 is 1.30 bits per heavy atom. The molecule has 0 aliphatic rings. The van der Waals surface area contributed by atoms with Crippen molar-refractivity contribution in [3.05, 3.63) is 57.7 Å². The van der Waals surface area contributed by atoms with Gasteiger partial charge in [0.25, 0.3) is 0 Å². The number of benzene rings is 1. The van der Waals surface area contributed by atoms with E-state index in [0.717, 1.165) is 11.1 Å². The lowest BCUT2D eigenvalue weighted by Crippen LogP contribution is -2.14. The molecular weight excluding hydrogens is 295 g/mol. The third-order valence-corrected chi connectivity index (χ3v) is 3.49. The van der Waals surface area contributed by atoms with E-state index in [0.29, 0.717) is 28.7 Å². The molecule has 104 valence electrons. The van der Waals surface area contributed by atoms with Crippen LogP contribution in [0.25, 0.3) is 0 Å². The number of hydrogen-bond donors (Lipinski definition) is 1. The van der Waals surface area contributed by atoms with E-state index < -0.39 is 0 Å². The van der Waals surface area contributed by atoms with Crippen molar-refractivity contribution in [1.82, 2.24) is 4.98 Å². The third-order valence-electron chi connectivity index (χ3n) is 2.90. The molecule has 5 heteroatoms. The number of halogens is 2. The zero-order valence-electron chi connectivity index (χ0n) is 11.0. The molecule has 0 saturated heterocycles. The number of amides is 1. The second kappa shape index (κ2) is 6.73. The molecule has 0 aliphatic carbocycles. The van der Waals surface area contributed by atoms with Crippen molar-refractivity contribution < 1.29 is 4.79 Å². The van der Waals surface area contributed by atoms with Crippen LogP contribution in [0.15, 0.2) is 36.5 Å². The van der Waals surface area contributed by atoms with E-state index in [-0.39, 0.29) is 5.91 Å². The molecule has 2 aromatic rings. The van der Waals surface area contributed by atoms with Crippen LogP contribution >= 0.6 is 23.2 Å². The molecule has 1 amide bonds. The minimum atomic E-state index is -0.0854. The van der Waals surface area contributed by atoms with E-state index in [1.165, 1.54) is 0 Å². The van der Waals surface area contributed by atoms with E-state index in [1.54, 1.807) is 18.3 Å². The fourth-order valence-corrected chi connectivity index (χ4v) is 2.29. The molecule has 0 radical (unpaired) electrons. The van der Waals surface area contributed by atoms with E-state index in [4.69, 9.17) is 23.2 Å². The molecule has 0 saturated carbocycles. The fourth-order valence-electron chi connectivity index (χ4n) is 1.78. The number of pyridine rings is 1. The van der Waals surface area contributed by atoms with Gasteiger partial charge in [0.1, 0.15) is 5.82 Å². The minimum absolute atomic E-state index is 0.0854. The summed E-state index contributed by atoms with van der Waals surface area (Å²) in [5.74, 6) is 0.512. The van der Waals surface area contributed by atoms with Gasteiger partial charge in [-0.2, -0.15) is 0 Å². The molecule has 3 nitrogen and oxygen atoms in total. The molecule has 1 aromatic heterocycles. The number of carbonyl (C=O) groups excluding carboxylic acids is 1. The maximum atomic E-state index is 11.9. The standard InChI is InChI=1S/C15H14Cl2N2O/c1-10-3-2-8-18-15(10)19-14(20)7-5-11-4-6-12(16)9-13(11)17/h2-4,6,8-9H,5,7H2,1H3,(H,18,19,20). The first-order chi connectivity index (χ1) is 9.56. The van der Waals surface area contributed by atoms with Crippen molar-refractivity contribution in [2.75, 3.05) is 5.32 Å². The van der Waals surface area contributed by atoms with Gasteiger partial charge < -0.3 is 5.32 Å². The van der Waals surface area contributed by atoms with Crippen molar-refractivity contribution >= 4 is 34.9 Å². The van der Waals surface area contributed by atoms with Gasteiger partial charge in [-0.15, -0.1) is 0 Å². The van der Waals surface area contributed by atoms with Gasteiger partial charge in [-0.25, -0.2) is 4.98 Å². The largest absolute Gasteiger partial charge is 0.310 e. The number of anilines is 1. The normalized spacial score (nSPS) is 10.3. The number of aromatic nitrogens is 1. The van der Waals surface area contributed by atoms with Crippen LogP contribution in [-0.2, 0) is 11.2 Å². The molecule has 0 bridgehead atoms. The van der Waals surface area contributed by atoms with Crippen molar-refractivity contribution in [2.45, 2.75) is 19.8 Å². The maximum Gasteiger partial charge on any atom is 0.225 e. The number of aryl methyl sites for hydroxylation is 2. The summed E-state index contributed by atoms with van der Waals surface area (Å²) in [5, 5.41) is 3.96. The first-order valence-corrected chi connectivity index (χ1v) is 6.97. The smallest absolute Gasteiger partial charge is 0.225 e.